The number of benzene rings is 2. The number of esters is 1. The van der Waals surface area contributed by atoms with Crippen molar-refractivity contribution in [3.8, 4) is 0 Å². The van der Waals surface area contributed by atoms with Crippen molar-refractivity contribution in [2.45, 2.75) is 6.42 Å². The van der Waals surface area contributed by atoms with Gasteiger partial charge in [0, 0.05) is 12.1 Å². The number of hydrogen-bond donors (Lipinski definition) is 2. The summed E-state index contributed by atoms with van der Waals surface area (Å²) in [5.74, 6) is -0.647. The summed E-state index contributed by atoms with van der Waals surface area (Å²) in [6.07, 6.45) is 0.211. The number of hydrogen-bond acceptors (Lipinski definition) is 4. The highest BCUT2D eigenvalue weighted by Gasteiger charge is 2.12. The topological polar surface area (TPSA) is 67.4 Å². The highest BCUT2D eigenvalue weighted by atomic mass is 35.5. The standard InChI is InChI=1S/C17H17ClN2O3/c1-19-14-8-5-12(17(22)23-2)10-15(14)20-16(21)9-11-3-6-13(18)7-4-11/h3-8,10,19H,9H2,1-2H3,(H,20,21). The quantitative estimate of drug-likeness (QED) is 0.824. The third-order valence-corrected chi connectivity index (χ3v) is 3.51. The van der Waals surface area contributed by atoms with Crippen LogP contribution in [-0.4, -0.2) is 26.0 Å². The van der Waals surface area contributed by atoms with Crippen LogP contribution in [0.25, 0.3) is 0 Å². The Morgan fingerprint density at radius 1 is 1.09 bits per heavy atom. The van der Waals surface area contributed by atoms with Crippen LogP contribution in [0, 0.1) is 0 Å². The van der Waals surface area contributed by atoms with Gasteiger partial charge in [-0.05, 0) is 35.9 Å². The van der Waals surface area contributed by atoms with E-state index in [-0.39, 0.29) is 12.3 Å². The molecule has 0 unspecified atom stereocenters. The molecule has 0 aromatic heterocycles. The highest BCUT2D eigenvalue weighted by molar-refractivity contribution is 6.30. The number of carbonyl (C=O) groups is 2. The summed E-state index contributed by atoms with van der Waals surface area (Å²) in [4.78, 5) is 23.8. The van der Waals surface area contributed by atoms with E-state index >= 15 is 0 Å². The SMILES string of the molecule is CNc1ccc(C(=O)OC)cc1NC(=O)Cc1ccc(Cl)cc1. The van der Waals surface area contributed by atoms with E-state index in [1.54, 1.807) is 49.5 Å². The average Bonchev–Trinajstić information content (AvgIpc) is 2.56. The molecule has 0 spiro atoms. The van der Waals surface area contributed by atoms with Crippen molar-refractivity contribution in [3.05, 3.63) is 58.6 Å². The summed E-state index contributed by atoms with van der Waals surface area (Å²) in [5, 5.41) is 6.40. The minimum Gasteiger partial charge on any atom is -0.465 e. The number of nitrogens with one attached hydrogen (secondary N) is 2. The molecular weight excluding hydrogens is 316 g/mol. The highest BCUT2D eigenvalue weighted by Crippen LogP contribution is 2.23. The molecule has 2 N–H and O–H groups in total. The molecule has 0 aliphatic heterocycles. The summed E-state index contributed by atoms with van der Waals surface area (Å²) < 4.78 is 4.69. The third kappa shape index (κ3) is 4.47. The maximum absolute atomic E-state index is 12.2. The fourth-order valence-electron chi connectivity index (χ4n) is 2.09. The maximum Gasteiger partial charge on any atom is 0.337 e. The molecule has 0 saturated heterocycles. The van der Waals surface area contributed by atoms with E-state index in [4.69, 9.17) is 16.3 Å². The Hall–Kier alpha value is -2.53. The molecule has 120 valence electrons. The van der Waals surface area contributed by atoms with Crippen molar-refractivity contribution in [2.24, 2.45) is 0 Å². The van der Waals surface area contributed by atoms with E-state index in [9.17, 15) is 9.59 Å². The molecule has 0 saturated carbocycles. The second kappa shape index (κ2) is 7.65. The molecule has 0 bridgehead atoms. The number of carbonyl (C=O) groups excluding carboxylic acids is 2. The van der Waals surface area contributed by atoms with Gasteiger partial charge in [-0.15, -0.1) is 0 Å². The molecule has 2 aromatic rings. The lowest BCUT2D eigenvalue weighted by Crippen LogP contribution is -2.16. The Balaban J connectivity index is 2.15. The number of rotatable bonds is 5. The van der Waals surface area contributed by atoms with Crippen molar-refractivity contribution < 1.29 is 14.3 Å². The fourth-order valence-corrected chi connectivity index (χ4v) is 2.22. The van der Waals surface area contributed by atoms with Crippen LogP contribution >= 0.6 is 11.6 Å². The predicted molar refractivity (Wildman–Crippen MR) is 91.1 cm³/mol. The first-order valence-corrected chi connectivity index (χ1v) is 7.35. The van der Waals surface area contributed by atoms with Gasteiger partial charge in [0.25, 0.3) is 0 Å². The minimum atomic E-state index is -0.458. The number of halogens is 1. The largest absolute Gasteiger partial charge is 0.465 e. The van der Waals surface area contributed by atoms with E-state index in [0.29, 0.717) is 22.0 Å². The van der Waals surface area contributed by atoms with E-state index < -0.39 is 5.97 Å². The summed E-state index contributed by atoms with van der Waals surface area (Å²) >= 11 is 5.83. The smallest absolute Gasteiger partial charge is 0.337 e. The molecule has 5 nitrogen and oxygen atoms in total. The zero-order chi connectivity index (χ0) is 16.8. The van der Waals surface area contributed by atoms with Crippen LogP contribution < -0.4 is 10.6 Å². The molecule has 0 heterocycles. The lowest BCUT2D eigenvalue weighted by Gasteiger charge is -2.12. The van der Waals surface area contributed by atoms with Crippen molar-refractivity contribution >= 4 is 34.9 Å². The molecule has 2 rings (SSSR count). The Bertz CT molecular complexity index is 714. The second-order valence-electron chi connectivity index (χ2n) is 4.85. The average molecular weight is 333 g/mol. The van der Waals surface area contributed by atoms with Gasteiger partial charge in [0.15, 0.2) is 0 Å². The van der Waals surface area contributed by atoms with E-state index in [0.717, 1.165) is 5.56 Å². The van der Waals surface area contributed by atoms with Gasteiger partial charge in [-0.2, -0.15) is 0 Å². The lowest BCUT2D eigenvalue weighted by atomic mass is 10.1. The van der Waals surface area contributed by atoms with Crippen LogP contribution in [0.1, 0.15) is 15.9 Å². The van der Waals surface area contributed by atoms with Crippen molar-refractivity contribution in [3.63, 3.8) is 0 Å². The lowest BCUT2D eigenvalue weighted by molar-refractivity contribution is -0.115. The summed E-state index contributed by atoms with van der Waals surface area (Å²) in [6.45, 7) is 0. The second-order valence-corrected chi connectivity index (χ2v) is 5.29. The number of methoxy groups -OCH3 is 1. The van der Waals surface area contributed by atoms with Crippen LogP contribution in [0.3, 0.4) is 0 Å². The molecule has 23 heavy (non-hydrogen) atoms. The van der Waals surface area contributed by atoms with Crippen molar-refractivity contribution in [1.29, 1.82) is 0 Å². The third-order valence-electron chi connectivity index (χ3n) is 3.26. The van der Waals surface area contributed by atoms with E-state index in [1.807, 2.05) is 0 Å². The van der Waals surface area contributed by atoms with Gasteiger partial charge in [0.2, 0.25) is 5.91 Å². The zero-order valence-electron chi connectivity index (χ0n) is 12.9. The monoisotopic (exact) mass is 332 g/mol. The van der Waals surface area contributed by atoms with Gasteiger partial charge < -0.3 is 15.4 Å². The molecule has 1 amide bonds. The van der Waals surface area contributed by atoms with Crippen molar-refractivity contribution in [2.75, 3.05) is 24.8 Å². The summed E-state index contributed by atoms with van der Waals surface area (Å²) in [5.41, 5.74) is 2.45. The molecule has 0 fully saturated rings. The molecule has 0 aliphatic carbocycles. The molecule has 0 aliphatic rings. The Morgan fingerprint density at radius 2 is 1.78 bits per heavy atom. The van der Waals surface area contributed by atoms with Crippen LogP contribution in [0.15, 0.2) is 42.5 Å². The summed E-state index contributed by atoms with van der Waals surface area (Å²) in [7, 11) is 3.05. The van der Waals surface area contributed by atoms with Gasteiger partial charge in [-0.1, -0.05) is 23.7 Å². The normalized spacial score (nSPS) is 10.0. The van der Waals surface area contributed by atoms with E-state index in [1.165, 1.54) is 7.11 Å². The van der Waals surface area contributed by atoms with Gasteiger partial charge in [-0.3, -0.25) is 4.79 Å². The number of ether oxygens (including phenoxy) is 1. The maximum atomic E-state index is 12.2. The molecule has 0 radical (unpaired) electrons. The predicted octanol–water partition coefficient (Wildman–Crippen LogP) is 3.35. The van der Waals surface area contributed by atoms with Crippen LogP contribution in [0.2, 0.25) is 5.02 Å². The molecular formula is C17H17ClN2O3. The Kier molecular flexibility index (Phi) is 5.60. The van der Waals surface area contributed by atoms with Gasteiger partial charge >= 0.3 is 5.97 Å². The van der Waals surface area contributed by atoms with Gasteiger partial charge in [-0.25, -0.2) is 4.79 Å². The Labute approximate surface area is 139 Å². The van der Waals surface area contributed by atoms with Crippen LogP contribution in [0.4, 0.5) is 11.4 Å². The first kappa shape index (κ1) is 16.8. The van der Waals surface area contributed by atoms with Gasteiger partial charge in [0.1, 0.15) is 0 Å². The van der Waals surface area contributed by atoms with Crippen molar-refractivity contribution in [1.82, 2.24) is 0 Å². The first-order valence-electron chi connectivity index (χ1n) is 6.98. The van der Waals surface area contributed by atoms with Gasteiger partial charge in [0.05, 0.1) is 30.5 Å². The molecule has 2 aromatic carbocycles. The number of amides is 1. The van der Waals surface area contributed by atoms with E-state index in [2.05, 4.69) is 10.6 Å². The molecule has 6 heteroatoms. The number of anilines is 2. The van der Waals surface area contributed by atoms with Crippen LogP contribution in [-0.2, 0) is 16.0 Å². The molecule has 0 atom stereocenters. The minimum absolute atomic E-state index is 0.189. The fraction of sp³-hybridized carbons (Fsp3) is 0.176. The Morgan fingerprint density at radius 3 is 2.39 bits per heavy atom. The zero-order valence-corrected chi connectivity index (χ0v) is 13.6. The summed E-state index contributed by atoms with van der Waals surface area (Å²) in [6, 6.07) is 12.0. The van der Waals surface area contributed by atoms with Crippen LogP contribution in [0.5, 0.6) is 0 Å². The first-order chi connectivity index (χ1) is 11.0.